The third-order valence-corrected chi connectivity index (χ3v) is 1.69. The number of aromatic amines is 1. The van der Waals surface area contributed by atoms with Crippen LogP contribution in [0.15, 0.2) is 11.1 Å². The van der Waals surface area contributed by atoms with Gasteiger partial charge in [-0.15, -0.1) is 0 Å². The minimum atomic E-state index is -0.407. The Morgan fingerprint density at radius 2 is 2.46 bits per heavy atom. The normalized spacial score (nSPS) is 10.2. The van der Waals surface area contributed by atoms with Crippen molar-refractivity contribution < 1.29 is 0 Å². The van der Waals surface area contributed by atoms with E-state index < -0.39 is 5.56 Å². The van der Waals surface area contributed by atoms with E-state index in [0.717, 1.165) is 4.52 Å². The van der Waals surface area contributed by atoms with Crippen molar-refractivity contribution >= 4 is 11.5 Å². The molecule has 6 heteroatoms. The van der Waals surface area contributed by atoms with Gasteiger partial charge >= 0.3 is 0 Å². The summed E-state index contributed by atoms with van der Waals surface area (Å²) in [5.74, 6) is 0.287. The summed E-state index contributed by atoms with van der Waals surface area (Å²) in [5.41, 5.74) is 0.0313. The van der Waals surface area contributed by atoms with Gasteiger partial charge in [0.2, 0.25) is 0 Å². The molecule has 0 radical (unpaired) electrons. The minimum Gasteiger partial charge on any atom is -0.281 e. The summed E-state index contributed by atoms with van der Waals surface area (Å²) in [6.07, 6.45) is 1.36. The second-order valence-corrected chi connectivity index (χ2v) is 2.49. The number of hydrogen-bond donors (Lipinski definition) is 1. The monoisotopic (exact) mass is 175 g/mol. The van der Waals surface area contributed by atoms with Gasteiger partial charge in [-0.1, -0.05) is 0 Å². The Bertz CT molecular complexity index is 558. The molecule has 0 aliphatic heterocycles. The molecule has 0 atom stereocenters. The highest BCUT2D eigenvalue weighted by Gasteiger charge is 2.09. The van der Waals surface area contributed by atoms with E-state index >= 15 is 0 Å². The quantitative estimate of drug-likeness (QED) is 0.584. The zero-order chi connectivity index (χ0) is 9.42. The molecule has 13 heavy (non-hydrogen) atoms. The Hall–Kier alpha value is -2.16. The van der Waals surface area contributed by atoms with Crippen LogP contribution in [0.2, 0.25) is 0 Å². The zero-order valence-electron chi connectivity index (χ0n) is 6.77. The summed E-state index contributed by atoms with van der Waals surface area (Å²) in [6.45, 7) is 8.41. The molecule has 0 aliphatic carbocycles. The van der Waals surface area contributed by atoms with Crippen LogP contribution >= 0.6 is 0 Å². The smallest absolute Gasteiger partial charge is 0.280 e. The highest BCUT2D eigenvalue weighted by atomic mass is 16.1. The average molecular weight is 175 g/mol. The van der Waals surface area contributed by atoms with Crippen LogP contribution in [0.5, 0.6) is 0 Å². The molecule has 1 N–H and O–H groups in total. The topological polar surface area (TPSA) is 67.4 Å². The van der Waals surface area contributed by atoms with Gasteiger partial charge in [0.15, 0.2) is 0 Å². The summed E-state index contributed by atoms with van der Waals surface area (Å²) in [5, 5.41) is 2.58. The number of hydrogen-bond acceptors (Lipinski definition) is 3. The van der Waals surface area contributed by atoms with Crippen LogP contribution in [0.25, 0.3) is 10.6 Å². The molecule has 0 aliphatic rings. The third kappa shape index (κ3) is 0.906. The van der Waals surface area contributed by atoms with E-state index in [2.05, 4.69) is 19.9 Å². The first-order chi connectivity index (χ1) is 6.24. The number of fused-ring (bicyclic) bond motifs is 1. The first kappa shape index (κ1) is 7.49. The van der Waals surface area contributed by atoms with Crippen molar-refractivity contribution in [1.29, 1.82) is 0 Å². The van der Waals surface area contributed by atoms with E-state index in [1.807, 2.05) is 0 Å². The van der Waals surface area contributed by atoms with E-state index in [4.69, 9.17) is 6.57 Å². The zero-order valence-corrected chi connectivity index (χ0v) is 6.77. The Morgan fingerprint density at radius 1 is 1.69 bits per heavy atom. The maximum absolute atomic E-state index is 11.5. The van der Waals surface area contributed by atoms with Gasteiger partial charge in [0.1, 0.15) is 6.33 Å². The Kier molecular flexibility index (Phi) is 1.39. The average Bonchev–Trinajstić information content (AvgIpc) is 2.53. The summed E-state index contributed by atoms with van der Waals surface area (Å²) in [7, 11) is 0. The molecular weight excluding hydrogens is 170 g/mol. The number of rotatable bonds is 0. The first-order valence-electron chi connectivity index (χ1n) is 3.54. The molecule has 0 aromatic carbocycles. The molecule has 0 saturated carbocycles. The standard InChI is InChI=1S/C7H5N5O/c1-4-5(8-2)6(13)12-7(11-4)9-3-10-12/h3H,1H3,(H,9,10,11). The van der Waals surface area contributed by atoms with Gasteiger partial charge in [-0.25, -0.2) is 14.8 Å². The molecule has 0 fully saturated rings. The largest absolute Gasteiger partial charge is 0.281 e. The van der Waals surface area contributed by atoms with Crippen molar-refractivity contribution in [1.82, 2.24) is 19.6 Å². The van der Waals surface area contributed by atoms with Crippen LogP contribution in [-0.4, -0.2) is 19.6 Å². The fourth-order valence-electron chi connectivity index (χ4n) is 1.08. The lowest BCUT2D eigenvalue weighted by molar-refractivity contribution is 0.896. The van der Waals surface area contributed by atoms with Gasteiger partial charge in [-0.3, -0.25) is 9.89 Å². The van der Waals surface area contributed by atoms with Crippen molar-refractivity contribution in [3.8, 4) is 0 Å². The van der Waals surface area contributed by atoms with Gasteiger partial charge in [0.25, 0.3) is 17.0 Å². The minimum absolute atomic E-state index is 0.0294. The van der Waals surface area contributed by atoms with Crippen LogP contribution in [0, 0.1) is 13.5 Å². The number of aryl methyl sites for hydroxylation is 1. The molecule has 0 unspecified atom stereocenters. The molecule has 0 bridgehead atoms. The molecule has 0 amide bonds. The summed E-state index contributed by atoms with van der Waals surface area (Å²) in [6, 6.07) is 0. The van der Waals surface area contributed by atoms with E-state index in [0.29, 0.717) is 5.69 Å². The Morgan fingerprint density at radius 3 is 3.15 bits per heavy atom. The van der Waals surface area contributed by atoms with Gasteiger partial charge in [0.05, 0.1) is 12.3 Å². The van der Waals surface area contributed by atoms with Gasteiger partial charge < -0.3 is 0 Å². The SMILES string of the molecule is [C-]#[N+]c1c(C)nc2nc[nH]n2c1=O. The van der Waals surface area contributed by atoms with Crippen molar-refractivity contribution in [3.05, 3.63) is 33.8 Å². The summed E-state index contributed by atoms with van der Waals surface area (Å²) < 4.78 is 1.14. The first-order valence-corrected chi connectivity index (χ1v) is 3.54. The Balaban J connectivity index is 3.04. The fourth-order valence-corrected chi connectivity index (χ4v) is 1.08. The number of aromatic nitrogens is 4. The second kappa shape index (κ2) is 2.42. The molecular formula is C7H5N5O. The highest BCUT2D eigenvalue weighted by Crippen LogP contribution is 2.09. The van der Waals surface area contributed by atoms with Crippen molar-refractivity contribution in [2.75, 3.05) is 0 Å². The van der Waals surface area contributed by atoms with Crippen molar-refractivity contribution in [3.63, 3.8) is 0 Å². The number of nitrogens with zero attached hydrogens (tertiary/aromatic N) is 4. The van der Waals surface area contributed by atoms with Gasteiger partial charge in [0, 0.05) is 0 Å². The van der Waals surface area contributed by atoms with Crippen LogP contribution in [0.4, 0.5) is 5.69 Å². The number of H-pyrrole nitrogens is 1. The highest BCUT2D eigenvalue weighted by molar-refractivity contribution is 5.49. The summed E-state index contributed by atoms with van der Waals surface area (Å²) in [4.78, 5) is 22.4. The molecule has 64 valence electrons. The fraction of sp³-hybridized carbons (Fsp3) is 0.143. The summed E-state index contributed by atoms with van der Waals surface area (Å²) >= 11 is 0. The Labute approximate surface area is 72.7 Å². The van der Waals surface area contributed by atoms with E-state index in [1.54, 1.807) is 6.92 Å². The second-order valence-electron chi connectivity index (χ2n) is 2.49. The maximum atomic E-state index is 11.5. The lowest BCUT2D eigenvalue weighted by Gasteiger charge is -1.95. The van der Waals surface area contributed by atoms with E-state index in [-0.39, 0.29) is 11.5 Å². The lowest BCUT2D eigenvalue weighted by Crippen LogP contribution is -2.15. The van der Waals surface area contributed by atoms with Crippen LogP contribution in [-0.2, 0) is 0 Å². The molecule has 2 rings (SSSR count). The van der Waals surface area contributed by atoms with Crippen LogP contribution in [0.1, 0.15) is 5.69 Å². The van der Waals surface area contributed by atoms with E-state index in [1.165, 1.54) is 6.33 Å². The third-order valence-electron chi connectivity index (χ3n) is 1.69. The molecule has 2 heterocycles. The van der Waals surface area contributed by atoms with Crippen molar-refractivity contribution in [2.45, 2.75) is 6.92 Å². The predicted octanol–water partition coefficient (Wildman–Crippen LogP) is 0.277. The van der Waals surface area contributed by atoms with Crippen LogP contribution < -0.4 is 5.56 Å². The van der Waals surface area contributed by atoms with Crippen molar-refractivity contribution in [2.24, 2.45) is 0 Å². The molecule has 2 aromatic heterocycles. The van der Waals surface area contributed by atoms with Gasteiger partial charge in [-0.2, -0.15) is 4.52 Å². The maximum Gasteiger partial charge on any atom is 0.280 e. The van der Waals surface area contributed by atoms with Gasteiger partial charge in [-0.05, 0) is 6.92 Å². The molecule has 0 saturated heterocycles. The molecule has 2 aromatic rings. The molecule has 6 nitrogen and oxygen atoms in total. The molecule has 0 spiro atoms. The van der Waals surface area contributed by atoms with Crippen LogP contribution in [0.3, 0.4) is 0 Å². The van der Waals surface area contributed by atoms with E-state index in [9.17, 15) is 4.79 Å². The lowest BCUT2D eigenvalue weighted by atomic mass is 10.4. The predicted molar refractivity (Wildman–Crippen MR) is 44.6 cm³/mol. The number of nitrogens with one attached hydrogen (secondary N) is 1.